The molecule has 1 aliphatic heterocycles. The summed E-state index contributed by atoms with van der Waals surface area (Å²) in [5, 5.41) is 12.0. The van der Waals surface area contributed by atoms with Crippen molar-refractivity contribution in [2.24, 2.45) is 0 Å². The molecule has 2 N–H and O–H groups in total. The van der Waals surface area contributed by atoms with Gasteiger partial charge < -0.3 is 10.4 Å². The van der Waals surface area contributed by atoms with E-state index in [0.29, 0.717) is 6.04 Å². The SMILES string of the molecule is CCN(CC(C)=CC(=O)O)C1CCNCC1. The number of rotatable bonds is 5. The summed E-state index contributed by atoms with van der Waals surface area (Å²) in [4.78, 5) is 12.9. The maximum Gasteiger partial charge on any atom is 0.328 e. The van der Waals surface area contributed by atoms with Crippen LogP contribution in [0.4, 0.5) is 0 Å². The van der Waals surface area contributed by atoms with Gasteiger partial charge in [0.05, 0.1) is 0 Å². The first-order valence-corrected chi connectivity index (χ1v) is 5.98. The Morgan fingerprint density at radius 2 is 2.12 bits per heavy atom. The van der Waals surface area contributed by atoms with E-state index in [1.807, 2.05) is 6.92 Å². The molecule has 0 bridgehead atoms. The molecule has 1 saturated heterocycles. The monoisotopic (exact) mass is 226 g/mol. The molecule has 1 rings (SSSR count). The van der Waals surface area contributed by atoms with Crippen molar-refractivity contribution in [1.82, 2.24) is 10.2 Å². The predicted molar refractivity (Wildman–Crippen MR) is 64.5 cm³/mol. The minimum Gasteiger partial charge on any atom is -0.478 e. The first kappa shape index (κ1) is 13.2. The zero-order chi connectivity index (χ0) is 12.0. The summed E-state index contributed by atoms with van der Waals surface area (Å²) >= 11 is 0. The van der Waals surface area contributed by atoms with Gasteiger partial charge in [0.25, 0.3) is 0 Å². The van der Waals surface area contributed by atoms with E-state index in [4.69, 9.17) is 5.11 Å². The Morgan fingerprint density at radius 3 is 2.62 bits per heavy atom. The summed E-state index contributed by atoms with van der Waals surface area (Å²) in [7, 11) is 0. The number of piperidine rings is 1. The van der Waals surface area contributed by atoms with Gasteiger partial charge in [-0.3, -0.25) is 4.90 Å². The molecule has 92 valence electrons. The molecule has 0 aliphatic carbocycles. The third-order valence-corrected chi connectivity index (χ3v) is 3.05. The molecule has 0 amide bonds. The van der Waals surface area contributed by atoms with Crippen LogP contribution >= 0.6 is 0 Å². The number of carboxylic acid groups (broad SMARTS) is 1. The van der Waals surface area contributed by atoms with Crippen LogP contribution in [0.2, 0.25) is 0 Å². The number of hydrogen-bond donors (Lipinski definition) is 2. The van der Waals surface area contributed by atoms with Gasteiger partial charge in [-0.05, 0) is 39.4 Å². The maximum atomic E-state index is 10.6. The van der Waals surface area contributed by atoms with E-state index in [1.54, 1.807) is 0 Å². The van der Waals surface area contributed by atoms with Gasteiger partial charge in [0.15, 0.2) is 0 Å². The smallest absolute Gasteiger partial charge is 0.328 e. The molecule has 0 atom stereocenters. The minimum atomic E-state index is -0.848. The molecule has 1 heterocycles. The second-order valence-electron chi connectivity index (χ2n) is 4.37. The van der Waals surface area contributed by atoms with Gasteiger partial charge in [-0.15, -0.1) is 0 Å². The summed E-state index contributed by atoms with van der Waals surface area (Å²) in [6.07, 6.45) is 3.63. The summed E-state index contributed by atoms with van der Waals surface area (Å²) in [5.74, 6) is -0.848. The molecular weight excluding hydrogens is 204 g/mol. The Labute approximate surface area is 97.3 Å². The van der Waals surface area contributed by atoms with Crippen LogP contribution in [0.1, 0.15) is 26.7 Å². The fourth-order valence-corrected chi connectivity index (χ4v) is 2.25. The number of carbonyl (C=O) groups is 1. The lowest BCUT2D eigenvalue weighted by Crippen LogP contribution is -2.43. The van der Waals surface area contributed by atoms with Gasteiger partial charge in [-0.2, -0.15) is 0 Å². The molecule has 0 radical (unpaired) electrons. The number of likely N-dealkylation sites (N-methyl/N-ethyl adjacent to an activating group) is 1. The van der Waals surface area contributed by atoms with Crippen molar-refractivity contribution >= 4 is 5.97 Å². The van der Waals surface area contributed by atoms with Gasteiger partial charge in [0.1, 0.15) is 0 Å². The van der Waals surface area contributed by atoms with Crippen LogP contribution < -0.4 is 5.32 Å². The Kier molecular flexibility index (Phi) is 5.49. The van der Waals surface area contributed by atoms with Gasteiger partial charge in [0, 0.05) is 18.7 Å². The van der Waals surface area contributed by atoms with Crippen LogP contribution in [-0.4, -0.2) is 48.2 Å². The third-order valence-electron chi connectivity index (χ3n) is 3.05. The van der Waals surface area contributed by atoms with E-state index in [2.05, 4.69) is 17.1 Å². The van der Waals surface area contributed by atoms with Crippen molar-refractivity contribution in [2.45, 2.75) is 32.7 Å². The molecule has 0 aromatic heterocycles. The van der Waals surface area contributed by atoms with Crippen LogP contribution in [-0.2, 0) is 4.79 Å². The minimum absolute atomic E-state index is 0.600. The lowest BCUT2D eigenvalue weighted by Gasteiger charge is -2.34. The maximum absolute atomic E-state index is 10.6. The average Bonchev–Trinajstić information content (AvgIpc) is 2.26. The second kappa shape index (κ2) is 6.66. The Bertz CT molecular complexity index is 258. The van der Waals surface area contributed by atoms with Crippen molar-refractivity contribution < 1.29 is 9.90 Å². The molecule has 4 nitrogen and oxygen atoms in total. The van der Waals surface area contributed by atoms with E-state index in [9.17, 15) is 4.79 Å². The van der Waals surface area contributed by atoms with Crippen molar-refractivity contribution in [1.29, 1.82) is 0 Å². The highest BCUT2D eigenvalue weighted by atomic mass is 16.4. The quantitative estimate of drug-likeness (QED) is 0.689. The summed E-state index contributed by atoms with van der Waals surface area (Å²) in [6.45, 7) is 7.92. The average molecular weight is 226 g/mol. The van der Waals surface area contributed by atoms with Crippen LogP contribution in [0.5, 0.6) is 0 Å². The molecular formula is C12H22N2O2. The zero-order valence-electron chi connectivity index (χ0n) is 10.2. The second-order valence-corrected chi connectivity index (χ2v) is 4.37. The molecule has 0 saturated carbocycles. The standard InChI is InChI=1S/C12H22N2O2/c1-3-14(9-10(2)8-12(15)16)11-4-6-13-7-5-11/h8,11,13H,3-7,9H2,1-2H3,(H,15,16). The molecule has 16 heavy (non-hydrogen) atoms. The summed E-state index contributed by atoms with van der Waals surface area (Å²) in [6, 6.07) is 0.600. The highest BCUT2D eigenvalue weighted by Crippen LogP contribution is 2.13. The number of nitrogens with one attached hydrogen (secondary N) is 1. The molecule has 4 heteroatoms. The Morgan fingerprint density at radius 1 is 1.50 bits per heavy atom. The molecule has 0 unspecified atom stereocenters. The van der Waals surface area contributed by atoms with Gasteiger partial charge in [0.2, 0.25) is 0 Å². The summed E-state index contributed by atoms with van der Waals surface area (Å²) in [5.41, 5.74) is 0.924. The first-order chi connectivity index (χ1) is 7.63. The molecule has 1 aliphatic rings. The van der Waals surface area contributed by atoms with Crippen molar-refractivity contribution in [3.8, 4) is 0 Å². The lowest BCUT2D eigenvalue weighted by atomic mass is 10.0. The topological polar surface area (TPSA) is 52.6 Å². The van der Waals surface area contributed by atoms with E-state index in [-0.39, 0.29) is 0 Å². The Balaban J connectivity index is 2.50. The Hall–Kier alpha value is -0.870. The lowest BCUT2D eigenvalue weighted by molar-refractivity contribution is -0.131. The fourth-order valence-electron chi connectivity index (χ4n) is 2.25. The van der Waals surface area contributed by atoms with Gasteiger partial charge >= 0.3 is 5.97 Å². The van der Waals surface area contributed by atoms with Gasteiger partial charge in [-0.25, -0.2) is 4.79 Å². The van der Waals surface area contributed by atoms with Crippen molar-refractivity contribution in [3.63, 3.8) is 0 Å². The molecule has 0 spiro atoms. The molecule has 1 fully saturated rings. The number of carboxylic acids is 1. The van der Waals surface area contributed by atoms with Crippen LogP contribution in [0, 0.1) is 0 Å². The fraction of sp³-hybridized carbons (Fsp3) is 0.750. The number of hydrogen-bond acceptors (Lipinski definition) is 3. The predicted octanol–water partition coefficient (Wildman–Crippen LogP) is 1.09. The third kappa shape index (κ3) is 4.33. The van der Waals surface area contributed by atoms with Gasteiger partial charge in [-0.1, -0.05) is 12.5 Å². The summed E-state index contributed by atoms with van der Waals surface area (Å²) < 4.78 is 0. The van der Waals surface area contributed by atoms with Crippen LogP contribution in [0.25, 0.3) is 0 Å². The van der Waals surface area contributed by atoms with Crippen LogP contribution in [0.15, 0.2) is 11.6 Å². The van der Waals surface area contributed by atoms with Crippen LogP contribution in [0.3, 0.4) is 0 Å². The van der Waals surface area contributed by atoms with E-state index >= 15 is 0 Å². The number of aliphatic carboxylic acids is 1. The largest absolute Gasteiger partial charge is 0.478 e. The zero-order valence-corrected chi connectivity index (χ0v) is 10.2. The number of nitrogens with zero attached hydrogens (tertiary/aromatic N) is 1. The normalized spacial score (nSPS) is 19.1. The van der Waals surface area contributed by atoms with E-state index in [1.165, 1.54) is 6.08 Å². The molecule has 0 aromatic rings. The van der Waals surface area contributed by atoms with E-state index < -0.39 is 5.97 Å². The molecule has 0 aromatic carbocycles. The highest BCUT2D eigenvalue weighted by molar-refractivity contribution is 5.80. The first-order valence-electron chi connectivity index (χ1n) is 5.98. The van der Waals surface area contributed by atoms with Crippen molar-refractivity contribution in [3.05, 3.63) is 11.6 Å². The highest BCUT2D eigenvalue weighted by Gasteiger charge is 2.19. The van der Waals surface area contributed by atoms with Crippen molar-refractivity contribution in [2.75, 3.05) is 26.2 Å². The van der Waals surface area contributed by atoms with E-state index in [0.717, 1.165) is 44.6 Å².